The number of H-pyrrole nitrogens is 1. The number of oxazole rings is 1. The van der Waals surface area contributed by atoms with Crippen molar-refractivity contribution in [1.82, 2.24) is 39.7 Å². The van der Waals surface area contributed by atoms with Crippen molar-refractivity contribution in [1.29, 1.82) is 0 Å². The van der Waals surface area contributed by atoms with Gasteiger partial charge >= 0.3 is 0 Å². The van der Waals surface area contributed by atoms with Gasteiger partial charge in [0.25, 0.3) is 5.56 Å². The lowest BCUT2D eigenvalue weighted by Gasteiger charge is -2.15. The molecule has 0 unspecified atom stereocenters. The summed E-state index contributed by atoms with van der Waals surface area (Å²) in [4.78, 5) is 25.5. The molecular weight excluding hydrogens is 456 g/mol. The van der Waals surface area contributed by atoms with E-state index in [1.165, 1.54) is 6.33 Å². The number of benzene rings is 1. The summed E-state index contributed by atoms with van der Waals surface area (Å²) >= 11 is 6.29. The molecule has 0 fully saturated rings. The van der Waals surface area contributed by atoms with E-state index < -0.39 is 0 Å². The normalized spacial score (nSPS) is 15.1. The van der Waals surface area contributed by atoms with Gasteiger partial charge < -0.3 is 14.0 Å². The second kappa shape index (κ2) is 7.77. The van der Waals surface area contributed by atoms with Crippen LogP contribution in [0.15, 0.2) is 52.1 Å². The van der Waals surface area contributed by atoms with Gasteiger partial charge in [-0.3, -0.25) is 4.79 Å². The van der Waals surface area contributed by atoms with Gasteiger partial charge in [0.15, 0.2) is 11.7 Å². The molecule has 1 N–H and O–H groups in total. The summed E-state index contributed by atoms with van der Waals surface area (Å²) in [7, 11) is 0. The van der Waals surface area contributed by atoms with Gasteiger partial charge in [0.05, 0.1) is 23.6 Å². The van der Waals surface area contributed by atoms with Crippen molar-refractivity contribution in [3.63, 3.8) is 0 Å². The lowest BCUT2D eigenvalue weighted by Crippen LogP contribution is -2.23. The number of aromatic amines is 1. The fourth-order valence-corrected chi connectivity index (χ4v) is 4.79. The maximum atomic E-state index is 13.3. The highest BCUT2D eigenvalue weighted by Gasteiger charge is 2.28. The van der Waals surface area contributed by atoms with Crippen LogP contribution in [0.4, 0.5) is 0 Å². The number of pyridine rings is 1. The Morgan fingerprint density at radius 2 is 2.09 bits per heavy atom. The largest absolute Gasteiger partial charge is 0.439 e. The number of tetrazole rings is 1. The van der Waals surface area contributed by atoms with Crippen LogP contribution >= 0.6 is 11.6 Å². The molecule has 5 aromatic rings. The lowest BCUT2D eigenvalue weighted by atomic mass is 10.0. The number of rotatable bonds is 4. The van der Waals surface area contributed by atoms with E-state index >= 15 is 0 Å². The van der Waals surface area contributed by atoms with Crippen LogP contribution in [0.25, 0.3) is 28.3 Å². The minimum Gasteiger partial charge on any atom is -0.439 e. The molecule has 1 aliphatic heterocycles. The molecule has 1 atom stereocenters. The molecule has 5 heterocycles. The van der Waals surface area contributed by atoms with E-state index in [-0.39, 0.29) is 11.6 Å². The summed E-state index contributed by atoms with van der Waals surface area (Å²) < 4.78 is 9.06. The fraction of sp³-hybridized carbons (Fsp3) is 0.217. The van der Waals surface area contributed by atoms with Gasteiger partial charge in [0.2, 0.25) is 0 Å². The van der Waals surface area contributed by atoms with E-state index in [1.54, 1.807) is 27.6 Å². The van der Waals surface area contributed by atoms with E-state index in [9.17, 15) is 4.79 Å². The maximum absolute atomic E-state index is 13.3. The molecule has 1 aliphatic rings. The Balaban J connectivity index is 1.40. The van der Waals surface area contributed by atoms with Crippen LogP contribution in [0.1, 0.15) is 35.6 Å². The Labute approximate surface area is 198 Å². The first-order chi connectivity index (χ1) is 16.5. The zero-order valence-corrected chi connectivity index (χ0v) is 19.1. The predicted octanol–water partition coefficient (Wildman–Crippen LogP) is 3.67. The highest BCUT2D eigenvalue weighted by atomic mass is 35.5. The standard InChI is InChI=1S/C23H19ClN8O2/c1-12-22(34-13(2)27-12)18-10-25-23(28-18)20-6-4-16-7-14(8-21(33)32(16)20)17-9-15(24)3-5-19(17)31-11-26-29-30-31/h3,5,7-11,20H,4,6H2,1-2H3,(H,25,28)/t20-/m0/s1. The molecule has 1 aromatic carbocycles. The number of nitrogens with zero attached hydrogens (tertiary/aromatic N) is 7. The summed E-state index contributed by atoms with van der Waals surface area (Å²) in [6.07, 6.45) is 4.74. The van der Waals surface area contributed by atoms with Crippen LogP contribution in [0.3, 0.4) is 0 Å². The molecule has 0 radical (unpaired) electrons. The van der Waals surface area contributed by atoms with Crippen molar-refractivity contribution in [3.8, 4) is 28.3 Å². The summed E-state index contributed by atoms with van der Waals surface area (Å²) in [6.45, 7) is 3.70. The second-order valence-electron chi connectivity index (χ2n) is 8.24. The molecule has 11 heteroatoms. The van der Waals surface area contributed by atoms with Crippen LogP contribution in [-0.2, 0) is 6.42 Å². The number of aromatic nitrogens is 8. The quantitative estimate of drug-likeness (QED) is 0.421. The van der Waals surface area contributed by atoms with Gasteiger partial charge in [-0.2, -0.15) is 4.68 Å². The molecular formula is C23H19ClN8O2. The van der Waals surface area contributed by atoms with Gasteiger partial charge in [0.1, 0.15) is 17.8 Å². The van der Waals surface area contributed by atoms with Gasteiger partial charge in [0, 0.05) is 29.3 Å². The average Bonchev–Trinajstić information content (AvgIpc) is 3.60. The van der Waals surface area contributed by atoms with Gasteiger partial charge in [-0.1, -0.05) is 11.6 Å². The molecule has 4 aromatic heterocycles. The van der Waals surface area contributed by atoms with Gasteiger partial charge in [-0.05, 0) is 60.0 Å². The SMILES string of the molecule is Cc1nc(C)c(-c2cnc([C@@H]3CCc4cc(-c5cc(Cl)ccc5-n5cnnn5)cc(=O)n43)[nH]2)o1. The van der Waals surface area contributed by atoms with Crippen LogP contribution in [-0.4, -0.2) is 39.7 Å². The van der Waals surface area contributed by atoms with E-state index in [0.29, 0.717) is 22.5 Å². The third-order valence-corrected chi connectivity index (χ3v) is 6.29. The highest BCUT2D eigenvalue weighted by molar-refractivity contribution is 6.31. The number of imidazole rings is 1. The van der Waals surface area contributed by atoms with E-state index in [1.807, 2.05) is 32.0 Å². The van der Waals surface area contributed by atoms with E-state index in [0.717, 1.165) is 46.7 Å². The monoisotopic (exact) mass is 474 g/mol. The van der Waals surface area contributed by atoms with E-state index in [2.05, 4.69) is 30.5 Å². The molecule has 6 rings (SSSR count). The Morgan fingerprint density at radius 3 is 2.85 bits per heavy atom. The number of hydrogen-bond acceptors (Lipinski definition) is 7. The highest BCUT2D eigenvalue weighted by Crippen LogP contribution is 2.34. The van der Waals surface area contributed by atoms with Crippen molar-refractivity contribution >= 4 is 11.6 Å². The Morgan fingerprint density at radius 1 is 1.21 bits per heavy atom. The second-order valence-corrected chi connectivity index (χ2v) is 8.68. The summed E-state index contributed by atoms with van der Waals surface area (Å²) in [5.41, 5.74) is 4.64. The fourth-order valence-electron chi connectivity index (χ4n) is 4.62. The lowest BCUT2D eigenvalue weighted by molar-refractivity contribution is 0.531. The molecule has 34 heavy (non-hydrogen) atoms. The third-order valence-electron chi connectivity index (χ3n) is 6.06. The zero-order valence-electron chi connectivity index (χ0n) is 18.4. The Hall–Kier alpha value is -4.05. The Kier molecular flexibility index (Phi) is 4.70. The van der Waals surface area contributed by atoms with Crippen molar-refractivity contribution < 1.29 is 4.42 Å². The molecule has 10 nitrogen and oxygen atoms in total. The molecule has 0 saturated carbocycles. The van der Waals surface area contributed by atoms with Gasteiger partial charge in [-0.15, -0.1) is 5.10 Å². The predicted molar refractivity (Wildman–Crippen MR) is 124 cm³/mol. The number of aryl methyl sites for hydroxylation is 3. The van der Waals surface area contributed by atoms with Crippen LogP contribution in [0.5, 0.6) is 0 Å². The minimum absolute atomic E-state index is 0.109. The molecule has 0 saturated heterocycles. The van der Waals surface area contributed by atoms with Crippen molar-refractivity contribution in [2.24, 2.45) is 0 Å². The topological polar surface area (TPSA) is 120 Å². The van der Waals surface area contributed by atoms with Crippen molar-refractivity contribution in [2.75, 3.05) is 0 Å². The summed E-state index contributed by atoms with van der Waals surface area (Å²) in [5, 5.41) is 12.0. The molecule has 0 amide bonds. The molecule has 0 spiro atoms. The zero-order chi connectivity index (χ0) is 23.4. The molecule has 170 valence electrons. The van der Waals surface area contributed by atoms with Crippen LogP contribution in [0, 0.1) is 13.8 Å². The number of fused-ring (bicyclic) bond motifs is 1. The number of hydrogen-bond donors (Lipinski definition) is 1. The number of halogens is 1. The first-order valence-electron chi connectivity index (χ1n) is 10.8. The minimum atomic E-state index is -0.187. The average molecular weight is 475 g/mol. The summed E-state index contributed by atoms with van der Waals surface area (Å²) in [6, 6.07) is 8.87. The molecule has 0 bridgehead atoms. The van der Waals surface area contributed by atoms with Gasteiger partial charge in [-0.25, -0.2) is 9.97 Å². The third kappa shape index (κ3) is 3.34. The van der Waals surface area contributed by atoms with E-state index in [4.69, 9.17) is 16.0 Å². The van der Waals surface area contributed by atoms with Crippen molar-refractivity contribution in [2.45, 2.75) is 32.7 Å². The molecule has 0 aliphatic carbocycles. The first-order valence-corrected chi connectivity index (χ1v) is 11.1. The first kappa shape index (κ1) is 20.5. The van der Waals surface area contributed by atoms with Crippen LogP contribution in [0.2, 0.25) is 5.02 Å². The van der Waals surface area contributed by atoms with Crippen LogP contribution < -0.4 is 5.56 Å². The Bertz CT molecular complexity index is 1580. The van der Waals surface area contributed by atoms with Crippen molar-refractivity contribution in [3.05, 3.63) is 81.3 Å². The smallest absolute Gasteiger partial charge is 0.252 e. The number of nitrogens with one attached hydrogen (secondary N) is 1. The summed E-state index contributed by atoms with van der Waals surface area (Å²) in [5.74, 6) is 1.98. The maximum Gasteiger partial charge on any atom is 0.252 e.